The van der Waals surface area contributed by atoms with E-state index >= 15 is 0 Å². The van der Waals surface area contributed by atoms with E-state index in [4.69, 9.17) is 4.55 Å². The van der Waals surface area contributed by atoms with Crippen LogP contribution in [0.25, 0.3) is 0 Å². The zero-order chi connectivity index (χ0) is 7.28. The first-order valence-corrected chi connectivity index (χ1v) is 3.19. The lowest BCUT2D eigenvalue weighted by molar-refractivity contribution is -0.134. The number of hydrogen-bond donors (Lipinski definition) is 1. The molecule has 9 heavy (non-hydrogen) atoms. The summed E-state index contributed by atoms with van der Waals surface area (Å²) in [5, 5.41) is 0.825. The number of ether oxygens (including phenoxy) is 1. The lowest BCUT2D eigenvalue weighted by atomic mass is 10.7. The molecule has 0 aliphatic rings. The first-order chi connectivity index (χ1) is 4.16. The molecule has 1 N–H and O–H groups in total. The molecule has 0 radical (unpaired) electrons. The summed E-state index contributed by atoms with van der Waals surface area (Å²) in [6.07, 6.45) is 0.885. The Morgan fingerprint density at radius 1 is 1.78 bits per heavy atom. The fourth-order valence-electron chi connectivity index (χ4n) is 0.182. The molecule has 1 atom stereocenters. The van der Waals surface area contributed by atoms with Gasteiger partial charge in [0.1, 0.15) is 0 Å². The molecule has 0 saturated carbocycles. The van der Waals surface area contributed by atoms with E-state index in [0.717, 1.165) is 11.5 Å². The molecule has 0 aliphatic heterocycles. The standard InChI is InChI=1S/C4H6O4S/c1-8-4(5)2-3-9(6)7/h2-3H,1H3,(H,6,7)/b3-2+. The van der Waals surface area contributed by atoms with Crippen molar-refractivity contribution in [1.82, 2.24) is 0 Å². The molecule has 0 bridgehead atoms. The highest BCUT2D eigenvalue weighted by Gasteiger charge is 1.90. The van der Waals surface area contributed by atoms with Crippen LogP contribution in [0.2, 0.25) is 0 Å². The highest BCUT2D eigenvalue weighted by molar-refractivity contribution is 7.82. The molecule has 0 amide bonds. The lowest BCUT2D eigenvalue weighted by Gasteiger charge is -1.85. The number of hydrogen-bond acceptors (Lipinski definition) is 3. The second-order valence-corrected chi connectivity index (χ2v) is 1.93. The largest absolute Gasteiger partial charge is 0.466 e. The van der Waals surface area contributed by atoms with Crippen LogP contribution in [0, 0.1) is 0 Å². The molecule has 0 fully saturated rings. The third-order valence-electron chi connectivity index (χ3n) is 0.522. The molecule has 0 spiro atoms. The van der Waals surface area contributed by atoms with Crippen molar-refractivity contribution in [3.05, 3.63) is 11.5 Å². The first kappa shape index (κ1) is 8.32. The molecule has 0 heterocycles. The van der Waals surface area contributed by atoms with E-state index in [1.54, 1.807) is 0 Å². The topological polar surface area (TPSA) is 63.6 Å². The summed E-state index contributed by atoms with van der Waals surface area (Å²) in [6, 6.07) is 0. The molecule has 52 valence electrons. The molecule has 0 aromatic rings. The number of carbonyl (C=O) groups is 1. The maximum atomic E-state index is 10.2. The fourth-order valence-corrected chi connectivity index (χ4v) is 0.409. The molecule has 0 saturated heterocycles. The Kier molecular flexibility index (Phi) is 3.90. The molecular formula is C4H6O4S. The molecular weight excluding hydrogens is 144 g/mol. The van der Waals surface area contributed by atoms with Gasteiger partial charge < -0.3 is 9.29 Å². The predicted molar refractivity (Wildman–Crippen MR) is 31.9 cm³/mol. The van der Waals surface area contributed by atoms with Crippen molar-refractivity contribution < 1.29 is 18.3 Å². The van der Waals surface area contributed by atoms with Crippen LogP contribution < -0.4 is 0 Å². The summed E-state index contributed by atoms with van der Waals surface area (Å²) in [7, 11) is 1.19. The van der Waals surface area contributed by atoms with Gasteiger partial charge in [-0.1, -0.05) is 0 Å². The van der Waals surface area contributed by atoms with E-state index in [0.29, 0.717) is 0 Å². The van der Waals surface area contributed by atoms with E-state index in [2.05, 4.69) is 4.74 Å². The summed E-state index contributed by atoms with van der Waals surface area (Å²) in [4.78, 5) is 10.2. The molecule has 4 nitrogen and oxygen atoms in total. The summed E-state index contributed by atoms with van der Waals surface area (Å²) in [6.45, 7) is 0. The lowest BCUT2D eigenvalue weighted by Crippen LogP contribution is -1.94. The van der Waals surface area contributed by atoms with Crippen molar-refractivity contribution in [3.8, 4) is 0 Å². The highest BCUT2D eigenvalue weighted by Crippen LogP contribution is 1.80. The maximum absolute atomic E-state index is 10.2. The molecule has 0 rings (SSSR count). The van der Waals surface area contributed by atoms with E-state index in [-0.39, 0.29) is 0 Å². The van der Waals surface area contributed by atoms with Crippen molar-refractivity contribution in [3.63, 3.8) is 0 Å². The predicted octanol–water partition coefficient (Wildman–Crippen LogP) is -0.105. The summed E-state index contributed by atoms with van der Waals surface area (Å²) in [5.74, 6) is -0.641. The van der Waals surface area contributed by atoms with Crippen LogP contribution in [0.1, 0.15) is 0 Å². The normalized spacial score (nSPS) is 13.6. The number of rotatable bonds is 2. The van der Waals surface area contributed by atoms with Crippen molar-refractivity contribution in [2.45, 2.75) is 0 Å². The maximum Gasteiger partial charge on any atom is 0.331 e. The number of carbonyl (C=O) groups excluding carboxylic acids is 1. The Labute approximate surface area is 54.8 Å². The van der Waals surface area contributed by atoms with Gasteiger partial charge in [-0.2, -0.15) is 0 Å². The zero-order valence-corrected chi connectivity index (χ0v) is 5.55. The summed E-state index contributed by atoms with van der Waals surface area (Å²) in [5.41, 5.74) is 0. The van der Waals surface area contributed by atoms with Crippen LogP contribution in [0.15, 0.2) is 11.5 Å². The van der Waals surface area contributed by atoms with Crippen molar-refractivity contribution in [2.24, 2.45) is 0 Å². The average molecular weight is 150 g/mol. The van der Waals surface area contributed by atoms with Crippen LogP contribution in [-0.4, -0.2) is 21.8 Å². The van der Waals surface area contributed by atoms with Gasteiger partial charge in [-0.05, 0) is 0 Å². The SMILES string of the molecule is COC(=O)/C=C/S(=O)O. The third-order valence-corrected chi connectivity index (χ3v) is 0.891. The zero-order valence-electron chi connectivity index (χ0n) is 4.73. The first-order valence-electron chi connectivity index (χ1n) is 2.02. The van der Waals surface area contributed by atoms with Crippen LogP contribution in [0.4, 0.5) is 0 Å². The highest BCUT2D eigenvalue weighted by atomic mass is 32.2. The fraction of sp³-hybridized carbons (Fsp3) is 0.250. The Balaban J connectivity index is 3.71. The van der Waals surface area contributed by atoms with Crippen molar-refractivity contribution in [1.29, 1.82) is 0 Å². The minimum atomic E-state index is -2.07. The quantitative estimate of drug-likeness (QED) is 0.339. The molecule has 0 aromatic carbocycles. The van der Waals surface area contributed by atoms with Gasteiger partial charge in [-0.15, -0.1) is 0 Å². The van der Waals surface area contributed by atoms with Crippen LogP contribution in [0.5, 0.6) is 0 Å². The monoisotopic (exact) mass is 150 g/mol. The van der Waals surface area contributed by atoms with E-state index < -0.39 is 17.0 Å². The van der Waals surface area contributed by atoms with Gasteiger partial charge in [0, 0.05) is 11.5 Å². The van der Waals surface area contributed by atoms with Gasteiger partial charge in [0.05, 0.1) is 7.11 Å². The second-order valence-electron chi connectivity index (χ2n) is 1.10. The van der Waals surface area contributed by atoms with Crippen LogP contribution in [0.3, 0.4) is 0 Å². The number of esters is 1. The Morgan fingerprint density at radius 2 is 2.33 bits per heavy atom. The van der Waals surface area contributed by atoms with Gasteiger partial charge in [0.2, 0.25) is 0 Å². The Hall–Kier alpha value is -0.680. The van der Waals surface area contributed by atoms with Crippen molar-refractivity contribution in [2.75, 3.05) is 7.11 Å². The van der Waals surface area contributed by atoms with Crippen LogP contribution in [-0.2, 0) is 20.6 Å². The second kappa shape index (κ2) is 4.22. The van der Waals surface area contributed by atoms with E-state index in [1.807, 2.05) is 0 Å². The average Bonchev–Trinajstić information content (AvgIpc) is 1.83. The number of methoxy groups -OCH3 is 1. The minimum Gasteiger partial charge on any atom is -0.466 e. The molecule has 0 aliphatic carbocycles. The van der Waals surface area contributed by atoms with Gasteiger partial charge in [0.15, 0.2) is 11.1 Å². The van der Waals surface area contributed by atoms with E-state index in [1.165, 1.54) is 7.11 Å². The molecule has 5 heteroatoms. The smallest absolute Gasteiger partial charge is 0.331 e. The molecule has 0 aromatic heterocycles. The Bertz CT molecular complexity index is 151. The van der Waals surface area contributed by atoms with Crippen LogP contribution >= 0.6 is 0 Å². The van der Waals surface area contributed by atoms with Gasteiger partial charge in [0.25, 0.3) is 0 Å². The van der Waals surface area contributed by atoms with Gasteiger partial charge >= 0.3 is 5.97 Å². The Morgan fingerprint density at radius 3 is 2.67 bits per heavy atom. The van der Waals surface area contributed by atoms with E-state index in [9.17, 15) is 9.00 Å². The summed E-state index contributed by atoms with van der Waals surface area (Å²) >= 11 is -2.07. The third kappa shape index (κ3) is 5.19. The van der Waals surface area contributed by atoms with Gasteiger partial charge in [-0.25, -0.2) is 9.00 Å². The summed E-state index contributed by atoms with van der Waals surface area (Å²) < 4.78 is 22.0. The minimum absolute atomic E-state index is 0.641. The van der Waals surface area contributed by atoms with Gasteiger partial charge in [-0.3, -0.25) is 0 Å². The van der Waals surface area contributed by atoms with Crippen molar-refractivity contribution >= 4 is 17.0 Å². The molecule has 1 unspecified atom stereocenters.